The molecule has 0 aliphatic heterocycles. The Morgan fingerprint density at radius 3 is 2.36 bits per heavy atom. The van der Waals surface area contributed by atoms with Gasteiger partial charge in [0.25, 0.3) is 0 Å². The van der Waals surface area contributed by atoms with Crippen LogP contribution in [0.3, 0.4) is 0 Å². The summed E-state index contributed by atoms with van der Waals surface area (Å²) in [5.74, 6) is -2.23. The van der Waals surface area contributed by atoms with Crippen molar-refractivity contribution < 1.29 is 23.5 Å². The van der Waals surface area contributed by atoms with Crippen LogP contribution in [0.15, 0.2) is 46.9 Å². The number of esters is 2. The number of carbonyl (C=O) groups excluding carboxylic acids is 2. The Balaban J connectivity index is 2.40. The highest BCUT2D eigenvalue weighted by atomic mass is 127. The number of hydrogen-bond donors (Lipinski definition) is 0. The van der Waals surface area contributed by atoms with Crippen LogP contribution in [-0.4, -0.2) is 35.9 Å². The summed E-state index contributed by atoms with van der Waals surface area (Å²) in [6.45, 7) is 0. The molecule has 0 N–H and O–H groups in total. The van der Waals surface area contributed by atoms with Crippen molar-refractivity contribution in [1.82, 2.24) is 9.78 Å². The molecule has 2 aromatic carbocycles. The van der Waals surface area contributed by atoms with Crippen LogP contribution in [0.5, 0.6) is 0 Å². The van der Waals surface area contributed by atoms with Gasteiger partial charge in [-0.3, -0.25) is 0 Å². The summed E-state index contributed by atoms with van der Waals surface area (Å²) < 4.78 is 26.9. The second-order valence-electron chi connectivity index (χ2n) is 5.55. The van der Waals surface area contributed by atoms with Crippen LogP contribution in [0, 0.1) is 9.39 Å². The molecule has 1 aromatic heterocycles. The van der Waals surface area contributed by atoms with Gasteiger partial charge in [-0.05, 0) is 62.8 Å². The molecule has 1 heterocycles. The van der Waals surface area contributed by atoms with Gasteiger partial charge in [0.05, 0.1) is 19.9 Å². The molecule has 3 rings (SSSR count). The van der Waals surface area contributed by atoms with Crippen molar-refractivity contribution in [3.8, 4) is 16.9 Å². The second-order valence-corrected chi connectivity index (χ2v) is 7.57. The minimum atomic E-state index is -0.824. The molecule has 0 aliphatic carbocycles. The number of carbonyl (C=O) groups is 2. The smallest absolute Gasteiger partial charge is 0.357 e. The number of hydrogen-bond acceptors (Lipinski definition) is 5. The largest absolute Gasteiger partial charge is 0.465 e. The maximum absolute atomic E-state index is 14.7. The Labute approximate surface area is 181 Å². The molecule has 28 heavy (non-hydrogen) atoms. The Morgan fingerprint density at radius 1 is 1.11 bits per heavy atom. The van der Waals surface area contributed by atoms with Crippen molar-refractivity contribution in [2.45, 2.75) is 0 Å². The summed E-state index contributed by atoms with van der Waals surface area (Å²) in [4.78, 5) is 25.0. The van der Waals surface area contributed by atoms with Gasteiger partial charge in [0, 0.05) is 13.6 Å². The Bertz CT molecular complexity index is 1070. The normalized spacial score (nSPS) is 10.6. The highest BCUT2D eigenvalue weighted by molar-refractivity contribution is 14.1. The van der Waals surface area contributed by atoms with Crippen molar-refractivity contribution in [3.63, 3.8) is 0 Å². The summed E-state index contributed by atoms with van der Waals surface area (Å²) >= 11 is 5.29. The second kappa shape index (κ2) is 8.39. The van der Waals surface area contributed by atoms with E-state index >= 15 is 0 Å². The van der Waals surface area contributed by atoms with Crippen LogP contribution in [0.25, 0.3) is 16.9 Å². The maximum atomic E-state index is 14.7. The molecule has 0 unspecified atom stereocenters. The van der Waals surface area contributed by atoms with Gasteiger partial charge in [-0.1, -0.05) is 18.2 Å². The predicted molar refractivity (Wildman–Crippen MR) is 112 cm³/mol. The van der Waals surface area contributed by atoms with Crippen molar-refractivity contribution in [2.24, 2.45) is 0 Å². The van der Waals surface area contributed by atoms with E-state index in [1.54, 1.807) is 30.3 Å². The first-order valence-corrected chi connectivity index (χ1v) is 9.76. The molecule has 0 saturated heterocycles. The predicted octanol–water partition coefficient (Wildman–Crippen LogP) is 4.62. The van der Waals surface area contributed by atoms with Gasteiger partial charge in [0.1, 0.15) is 17.1 Å². The average Bonchev–Trinajstić information content (AvgIpc) is 3.10. The van der Waals surface area contributed by atoms with Gasteiger partial charge in [-0.25, -0.2) is 18.7 Å². The standard InChI is InChI=1S/C19H13BrFIN2O4/c1-27-18(25)15-16(11-8-14(22)12(20)9-13(11)21)23-24(17(15)19(26)28-2)10-6-4-3-5-7-10/h3-9H,1-2H3. The first kappa shape index (κ1) is 20.5. The zero-order chi connectivity index (χ0) is 20.4. The fraction of sp³-hybridized carbons (Fsp3) is 0.105. The van der Waals surface area contributed by atoms with Crippen LogP contribution in [-0.2, 0) is 9.47 Å². The highest BCUT2D eigenvalue weighted by Crippen LogP contribution is 2.34. The van der Waals surface area contributed by atoms with Crippen LogP contribution < -0.4 is 0 Å². The number of para-hydroxylation sites is 1. The summed E-state index contributed by atoms with van der Waals surface area (Å²) in [6, 6.07) is 11.5. The molecule has 0 saturated carbocycles. The number of halogens is 3. The lowest BCUT2D eigenvalue weighted by Crippen LogP contribution is -2.15. The molecule has 0 radical (unpaired) electrons. The molecule has 0 fully saturated rings. The Morgan fingerprint density at radius 2 is 1.75 bits per heavy atom. The fourth-order valence-electron chi connectivity index (χ4n) is 2.65. The van der Waals surface area contributed by atoms with E-state index in [0.29, 0.717) is 13.7 Å². The van der Waals surface area contributed by atoms with Crippen LogP contribution in [0.1, 0.15) is 20.8 Å². The van der Waals surface area contributed by atoms with Crippen molar-refractivity contribution >= 4 is 50.5 Å². The third kappa shape index (κ3) is 3.68. The fourth-order valence-corrected chi connectivity index (χ4v) is 3.43. The molecular formula is C19H13BrFIN2O4. The van der Waals surface area contributed by atoms with E-state index in [9.17, 15) is 14.0 Å². The van der Waals surface area contributed by atoms with Gasteiger partial charge >= 0.3 is 11.9 Å². The van der Waals surface area contributed by atoms with E-state index in [0.717, 1.165) is 0 Å². The molecule has 6 nitrogen and oxygen atoms in total. The van der Waals surface area contributed by atoms with Crippen LogP contribution in [0.4, 0.5) is 4.39 Å². The van der Waals surface area contributed by atoms with E-state index in [1.165, 1.54) is 31.0 Å². The topological polar surface area (TPSA) is 70.4 Å². The first-order valence-electron chi connectivity index (χ1n) is 7.89. The van der Waals surface area contributed by atoms with Gasteiger partial charge in [-0.15, -0.1) is 0 Å². The lowest BCUT2D eigenvalue weighted by atomic mass is 10.1. The number of aromatic nitrogens is 2. The maximum Gasteiger partial charge on any atom is 0.357 e. The molecule has 0 amide bonds. The Hall–Kier alpha value is -2.27. The lowest BCUT2D eigenvalue weighted by Gasteiger charge is -2.07. The van der Waals surface area contributed by atoms with Crippen molar-refractivity contribution in [1.29, 1.82) is 0 Å². The van der Waals surface area contributed by atoms with E-state index in [1.807, 2.05) is 22.6 Å². The SMILES string of the molecule is COC(=O)c1c(-c2cc(I)c(Br)cc2F)nn(-c2ccccc2)c1C(=O)OC. The molecule has 0 atom stereocenters. The average molecular weight is 559 g/mol. The quantitative estimate of drug-likeness (QED) is 0.265. The zero-order valence-corrected chi connectivity index (χ0v) is 18.4. The van der Waals surface area contributed by atoms with Gasteiger partial charge in [0.2, 0.25) is 0 Å². The number of nitrogens with zero attached hydrogens (tertiary/aromatic N) is 2. The summed E-state index contributed by atoms with van der Waals surface area (Å²) in [5.41, 5.74) is 0.237. The zero-order valence-electron chi connectivity index (χ0n) is 14.7. The van der Waals surface area contributed by atoms with Gasteiger partial charge in [0.15, 0.2) is 5.69 Å². The highest BCUT2D eigenvalue weighted by Gasteiger charge is 2.32. The molecular weight excluding hydrogens is 546 g/mol. The number of ether oxygens (including phenoxy) is 2. The molecule has 3 aromatic rings. The number of rotatable bonds is 4. The van der Waals surface area contributed by atoms with E-state index < -0.39 is 17.8 Å². The number of methoxy groups -OCH3 is 2. The van der Waals surface area contributed by atoms with Crippen molar-refractivity contribution in [3.05, 3.63) is 67.6 Å². The Kier molecular flexibility index (Phi) is 6.14. The van der Waals surface area contributed by atoms with E-state index in [4.69, 9.17) is 9.47 Å². The van der Waals surface area contributed by atoms with Gasteiger partial charge in [-0.2, -0.15) is 5.10 Å². The molecule has 0 spiro atoms. The molecule has 0 aliphatic rings. The molecule has 144 valence electrons. The third-order valence-corrected chi connectivity index (χ3v) is 6.21. The minimum Gasteiger partial charge on any atom is -0.465 e. The first-order chi connectivity index (χ1) is 13.4. The summed E-state index contributed by atoms with van der Waals surface area (Å²) in [7, 11) is 2.36. The van der Waals surface area contributed by atoms with Crippen molar-refractivity contribution in [2.75, 3.05) is 14.2 Å². The number of benzene rings is 2. The lowest BCUT2D eigenvalue weighted by molar-refractivity contribution is 0.0549. The summed E-state index contributed by atoms with van der Waals surface area (Å²) in [6.07, 6.45) is 0. The molecule has 9 heteroatoms. The monoisotopic (exact) mass is 558 g/mol. The van der Waals surface area contributed by atoms with Crippen LogP contribution >= 0.6 is 38.5 Å². The summed E-state index contributed by atoms with van der Waals surface area (Å²) in [5, 5.41) is 4.38. The third-order valence-electron chi connectivity index (χ3n) is 3.92. The van der Waals surface area contributed by atoms with Crippen LogP contribution in [0.2, 0.25) is 0 Å². The van der Waals surface area contributed by atoms with E-state index in [-0.39, 0.29) is 22.5 Å². The van der Waals surface area contributed by atoms with E-state index in [2.05, 4.69) is 21.0 Å². The van der Waals surface area contributed by atoms with Gasteiger partial charge < -0.3 is 9.47 Å². The molecule has 0 bridgehead atoms. The minimum absolute atomic E-state index is 0.0148.